The van der Waals surface area contributed by atoms with E-state index >= 15 is 0 Å². The highest BCUT2D eigenvalue weighted by molar-refractivity contribution is 5.47. The lowest BCUT2D eigenvalue weighted by molar-refractivity contribution is 0.146. The highest BCUT2D eigenvalue weighted by atomic mass is 16.5. The molecule has 2 atom stereocenters. The maximum atomic E-state index is 5.87. The van der Waals surface area contributed by atoms with Crippen LogP contribution in [0.1, 0.15) is 25.7 Å². The van der Waals surface area contributed by atoms with Crippen LogP contribution in [0.5, 0.6) is 5.75 Å². The molecule has 0 heterocycles. The predicted octanol–water partition coefficient (Wildman–Crippen LogP) is 2.64. The molecule has 0 saturated heterocycles. The molecule has 0 spiro atoms. The first-order chi connectivity index (χ1) is 9.83. The number of hydrogen-bond acceptors (Lipinski definition) is 4. The summed E-state index contributed by atoms with van der Waals surface area (Å²) in [6, 6.07) is 8.65. The number of rotatable bonds is 7. The third-order valence-corrected chi connectivity index (χ3v) is 3.97. The van der Waals surface area contributed by atoms with E-state index in [1.807, 2.05) is 12.1 Å². The molecular weight excluding hydrogens is 252 g/mol. The normalized spacial score (nSPS) is 22.5. The van der Waals surface area contributed by atoms with Crippen LogP contribution in [-0.4, -0.2) is 32.9 Å². The lowest BCUT2D eigenvalue weighted by atomic mass is 9.84. The summed E-state index contributed by atoms with van der Waals surface area (Å²) in [6.07, 6.45) is 5.07. The molecule has 4 nitrogen and oxygen atoms in total. The summed E-state index contributed by atoms with van der Waals surface area (Å²) < 4.78 is 10.5. The van der Waals surface area contributed by atoms with E-state index in [-0.39, 0.29) is 0 Å². The first-order valence-electron chi connectivity index (χ1n) is 7.52. The molecule has 4 heteroatoms. The van der Waals surface area contributed by atoms with Gasteiger partial charge in [0.1, 0.15) is 12.4 Å². The van der Waals surface area contributed by atoms with Crippen LogP contribution in [0.4, 0.5) is 5.69 Å². The van der Waals surface area contributed by atoms with Crippen molar-refractivity contribution in [1.29, 1.82) is 0 Å². The maximum Gasteiger partial charge on any atom is 0.119 e. The van der Waals surface area contributed by atoms with Gasteiger partial charge in [0.15, 0.2) is 0 Å². The Balaban J connectivity index is 1.86. The van der Waals surface area contributed by atoms with E-state index in [1.165, 1.54) is 25.7 Å². The van der Waals surface area contributed by atoms with Gasteiger partial charge in [-0.05, 0) is 49.6 Å². The zero-order valence-corrected chi connectivity index (χ0v) is 12.3. The fourth-order valence-corrected chi connectivity index (χ4v) is 2.78. The van der Waals surface area contributed by atoms with E-state index in [0.29, 0.717) is 25.2 Å². The quantitative estimate of drug-likeness (QED) is 0.753. The molecule has 2 rings (SSSR count). The maximum absolute atomic E-state index is 5.87. The number of ether oxygens (including phenoxy) is 2. The van der Waals surface area contributed by atoms with Crippen LogP contribution in [0.25, 0.3) is 0 Å². The summed E-state index contributed by atoms with van der Waals surface area (Å²) >= 11 is 0. The average Bonchev–Trinajstić information content (AvgIpc) is 2.50. The number of methoxy groups -OCH3 is 1. The van der Waals surface area contributed by atoms with Gasteiger partial charge in [-0.3, -0.25) is 0 Å². The van der Waals surface area contributed by atoms with Crippen LogP contribution >= 0.6 is 0 Å². The number of benzene rings is 1. The Hall–Kier alpha value is -1.26. The van der Waals surface area contributed by atoms with E-state index in [9.17, 15) is 0 Å². The van der Waals surface area contributed by atoms with Crippen molar-refractivity contribution in [3.8, 4) is 5.75 Å². The molecule has 1 aliphatic carbocycles. The Morgan fingerprint density at radius 3 is 2.60 bits per heavy atom. The molecule has 1 fully saturated rings. The van der Waals surface area contributed by atoms with Gasteiger partial charge in [0.2, 0.25) is 0 Å². The summed E-state index contributed by atoms with van der Waals surface area (Å²) in [6.45, 7) is 1.97. The Morgan fingerprint density at radius 1 is 1.15 bits per heavy atom. The lowest BCUT2D eigenvalue weighted by Gasteiger charge is -2.32. The summed E-state index contributed by atoms with van der Waals surface area (Å²) in [5, 5.41) is 3.62. The predicted molar refractivity (Wildman–Crippen MR) is 82.2 cm³/mol. The molecule has 0 aromatic heterocycles. The van der Waals surface area contributed by atoms with Crippen molar-refractivity contribution in [3.05, 3.63) is 24.3 Å². The summed E-state index contributed by atoms with van der Waals surface area (Å²) in [5.41, 5.74) is 7.02. The third kappa shape index (κ3) is 4.39. The molecule has 1 aromatic carbocycles. The smallest absolute Gasteiger partial charge is 0.119 e. The molecule has 20 heavy (non-hydrogen) atoms. The van der Waals surface area contributed by atoms with Crippen molar-refractivity contribution in [2.45, 2.75) is 31.7 Å². The minimum absolute atomic E-state index is 0.508. The number of anilines is 1. The second-order valence-electron chi connectivity index (χ2n) is 5.40. The molecule has 2 unspecified atom stereocenters. The van der Waals surface area contributed by atoms with E-state index in [1.54, 1.807) is 7.11 Å². The standard InChI is InChI=1S/C16H26N2O2/c1-19-10-11-20-15-8-6-14(7-9-15)18-16-5-3-2-4-13(16)12-17/h6-9,13,16,18H,2-5,10-12,17H2,1H3. The minimum atomic E-state index is 0.508. The summed E-state index contributed by atoms with van der Waals surface area (Å²) in [4.78, 5) is 0. The number of hydrogen-bond donors (Lipinski definition) is 2. The molecule has 0 bridgehead atoms. The molecule has 3 N–H and O–H groups in total. The van der Waals surface area contributed by atoms with Gasteiger partial charge in [0.05, 0.1) is 6.61 Å². The van der Waals surface area contributed by atoms with Gasteiger partial charge in [-0.15, -0.1) is 0 Å². The summed E-state index contributed by atoms with van der Waals surface area (Å²) in [5.74, 6) is 1.48. The van der Waals surface area contributed by atoms with Crippen molar-refractivity contribution in [2.75, 3.05) is 32.2 Å². The van der Waals surface area contributed by atoms with E-state index in [2.05, 4.69) is 17.4 Å². The number of nitrogens with one attached hydrogen (secondary N) is 1. The third-order valence-electron chi connectivity index (χ3n) is 3.97. The first kappa shape index (κ1) is 15.1. The fourth-order valence-electron chi connectivity index (χ4n) is 2.78. The Kier molecular flexibility index (Phi) is 6.15. The molecular formula is C16H26N2O2. The average molecular weight is 278 g/mol. The Labute approximate surface area is 121 Å². The van der Waals surface area contributed by atoms with Crippen molar-refractivity contribution in [2.24, 2.45) is 11.7 Å². The first-order valence-corrected chi connectivity index (χ1v) is 7.52. The zero-order valence-electron chi connectivity index (χ0n) is 12.3. The van der Waals surface area contributed by atoms with E-state index in [0.717, 1.165) is 18.0 Å². The van der Waals surface area contributed by atoms with Gasteiger partial charge in [-0.25, -0.2) is 0 Å². The molecule has 1 aliphatic rings. The van der Waals surface area contributed by atoms with Crippen molar-refractivity contribution >= 4 is 5.69 Å². The van der Waals surface area contributed by atoms with Gasteiger partial charge in [0, 0.05) is 18.8 Å². The number of nitrogens with two attached hydrogens (primary N) is 1. The van der Waals surface area contributed by atoms with Crippen LogP contribution in [0, 0.1) is 5.92 Å². The van der Waals surface area contributed by atoms with E-state index < -0.39 is 0 Å². The minimum Gasteiger partial charge on any atom is -0.491 e. The van der Waals surface area contributed by atoms with Gasteiger partial charge in [0.25, 0.3) is 0 Å². The molecule has 0 aliphatic heterocycles. The van der Waals surface area contributed by atoms with E-state index in [4.69, 9.17) is 15.2 Å². The van der Waals surface area contributed by atoms with Crippen molar-refractivity contribution in [1.82, 2.24) is 0 Å². The molecule has 0 radical (unpaired) electrons. The van der Waals surface area contributed by atoms with Crippen LogP contribution in [-0.2, 0) is 4.74 Å². The molecule has 1 aromatic rings. The molecule has 1 saturated carbocycles. The second-order valence-corrected chi connectivity index (χ2v) is 5.40. The largest absolute Gasteiger partial charge is 0.491 e. The van der Waals surface area contributed by atoms with Crippen LogP contribution in [0.3, 0.4) is 0 Å². The van der Waals surface area contributed by atoms with Crippen LogP contribution in [0.15, 0.2) is 24.3 Å². The topological polar surface area (TPSA) is 56.5 Å². The lowest BCUT2D eigenvalue weighted by Crippen LogP contribution is -2.36. The van der Waals surface area contributed by atoms with Gasteiger partial charge < -0.3 is 20.5 Å². The Morgan fingerprint density at radius 2 is 1.90 bits per heavy atom. The zero-order chi connectivity index (χ0) is 14.2. The monoisotopic (exact) mass is 278 g/mol. The SMILES string of the molecule is COCCOc1ccc(NC2CCCCC2CN)cc1. The molecule has 112 valence electrons. The van der Waals surface area contributed by atoms with Gasteiger partial charge >= 0.3 is 0 Å². The highest BCUT2D eigenvalue weighted by Gasteiger charge is 2.23. The van der Waals surface area contributed by atoms with Crippen LogP contribution < -0.4 is 15.8 Å². The molecule has 0 amide bonds. The van der Waals surface area contributed by atoms with Crippen LogP contribution in [0.2, 0.25) is 0 Å². The van der Waals surface area contributed by atoms with Crippen molar-refractivity contribution < 1.29 is 9.47 Å². The summed E-state index contributed by atoms with van der Waals surface area (Å²) in [7, 11) is 1.68. The Bertz CT molecular complexity index is 381. The van der Waals surface area contributed by atoms with Gasteiger partial charge in [-0.1, -0.05) is 12.8 Å². The highest BCUT2D eigenvalue weighted by Crippen LogP contribution is 2.27. The second kappa shape index (κ2) is 8.12. The van der Waals surface area contributed by atoms with Crippen molar-refractivity contribution in [3.63, 3.8) is 0 Å². The van der Waals surface area contributed by atoms with Gasteiger partial charge in [-0.2, -0.15) is 0 Å². The fraction of sp³-hybridized carbons (Fsp3) is 0.625.